The van der Waals surface area contributed by atoms with Gasteiger partial charge >= 0.3 is 0 Å². The summed E-state index contributed by atoms with van der Waals surface area (Å²) in [7, 11) is -0.228. The van der Waals surface area contributed by atoms with Crippen molar-refractivity contribution in [3.05, 3.63) is 24.9 Å². The van der Waals surface area contributed by atoms with Crippen LogP contribution in [0.25, 0.3) is 0 Å². The molecule has 0 aliphatic heterocycles. The summed E-state index contributed by atoms with van der Waals surface area (Å²) >= 11 is 0. The Bertz CT molecular complexity index is 76.5. The first kappa shape index (κ1) is 7.70. The monoisotopic (exact) mass is 125 g/mol. The Morgan fingerprint density at radius 3 is 2.25 bits per heavy atom. The second-order valence-electron chi connectivity index (χ2n) is 1.71. The first-order chi connectivity index (χ1) is 3.85. The molecule has 8 heavy (non-hydrogen) atoms. The second kappa shape index (κ2) is 4.85. The van der Waals surface area contributed by atoms with E-state index in [1.54, 1.807) is 0 Å². The molecule has 0 spiro atoms. The molecule has 0 nitrogen and oxygen atoms in total. The average Bonchev–Trinajstić information content (AvgIpc) is 1.83. The lowest BCUT2D eigenvalue weighted by atomic mass is 10.8. The molecule has 0 aromatic rings. The lowest BCUT2D eigenvalue weighted by Crippen LogP contribution is -2.03. The van der Waals surface area contributed by atoms with Crippen molar-refractivity contribution >= 4 is 8.80 Å². The first-order valence-electron chi connectivity index (χ1n) is 2.93. The van der Waals surface area contributed by atoms with Crippen LogP contribution in [0, 0.1) is 0 Å². The second-order valence-corrected chi connectivity index (χ2v) is 4.55. The smallest absolute Gasteiger partial charge is 0.0786 e. The third-order valence-corrected chi connectivity index (χ3v) is 3.45. The van der Waals surface area contributed by atoms with Gasteiger partial charge in [0, 0.05) is 0 Å². The van der Waals surface area contributed by atoms with E-state index in [0.29, 0.717) is 0 Å². The van der Waals surface area contributed by atoms with Crippen molar-refractivity contribution in [1.82, 2.24) is 0 Å². The Morgan fingerprint density at radius 2 is 2.12 bits per heavy atom. The molecule has 0 heterocycles. The number of rotatable bonds is 4. The lowest BCUT2D eigenvalue weighted by Gasteiger charge is -1.99. The molecule has 0 bridgehead atoms. The Balaban J connectivity index is 3.35. The van der Waals surface area contributed by atoms with Gasteiger partial charge in [-0.1, -0.05) is 19.0 Å². The van der Waals surface area contributed by atoms with Gasteiger partial charge in [-0.25, -0.2) is 0 Å². The van der Waals surface area contributed by atoms with Crippen molar-refractivity contribution in [2.45, 2.75) is 19.0 Å². The lowest BCUT2D eigenvalue weighted by molar-refractivity contribution is 1.40. The molecule has 0 saturated heterocycles. The van der Waals surface area contributed by atoms with E-state index in [9.17, 15) is 0 Å². The van der Waals surface area contributed by atoms with Crippen molar-refractivity contribution in [2.24, 2.45) is 0 Å². The van der Waals surface area contributed by atoms with E-state index in [0.717, 1.165) is 0 Å². The highest BCUT2D eigenvalue weighted by Crippen LogP contribution is 1.98. The molecule has 0 aliphatic carbocycles. The summed E-state index contributed by atoms with van der Waals surface area (Å²) in [5, 5.41) is 0. The van der Waals surface area contributed by atoms with Gasteiger partial charge in [0.2, 0.25) is 0 Å². The SMILES string of the molecule is C=CC[Si](C=C)CC. The predicted octanol–water partition coefficient (Wildman–Crippen LogP) is 2.41. The van der Waals surface area contributed by atoms with Crippen LogP contribution in [0.1, 0.15) is 6.92 Å². The normalized spacial score (nSPS) is 9.25. The van der Waals surface area contributed by atoms with Crippen molar-refractivity contribution < 1.29 is 0 Å². The summed E-state index contributed by atoms with van der Waals surface area (Å²) < 4.78 is 0. The fourth-order valence-corrected chi connectivity index (χ4v) is 1.67. The van der Waals surface area contributed by atoms with Gasteiger partial charge in [0.15, 0.2) is 0 Å². The maximum Gasteiger partial charge on any atom is 0.0786 e. The van der Waals surface area contributed by atoms with E-state index in [1.165, 1.54) is 12.1 Å². The maximum absolute atomic E-state index is 3.75. The highest BCUT2D eigenvalue weighted by molar-refractivity contribution is 6.64. The molecule has 0 aliphatic rings. The molecule has 0 atom stereocenters. The minimum Gasteiger partial charge on any atom is -0.107 e. The Hall–Kier alpha value is -0.303. The fraction of sp³-hybridized carbons (Fsp3) is 0.429. The first-order valence-corrected chi connectivity index (χ1v) is 4.92. The van der Waals surface area contributed by atoms with Gasteiger partial charge in [0.25, 0.3) is 0 Å². The van der Waals surface area contributed by atoms with E-state index in [4.69, 9.17) is 0 Å². The van der Waals surface area contributed by atoms with Gasteiger partial charge in [0.1, 0.15) is 0 Å². The van der Waals surface area contributed by atoms with Crippen molar-refractivity contribution in [3.63, 3.8) is 0 Å². The molecule has 0 saturated carbocycles. The molecule has 0 amide bonds. The summed E-state index contributed by atoms with van der Waals surface area (Å²) in [4.78, 5) is 0. The van der Waals surface area contributed by atoms with Crippen molar-refractivity contribution in [1.29, 1.82) is 0 Å². The zero-order chi connectivity index (χ0) is 6.41. The third-order valence-electron chi connectivity index (χ3n) is 1.15. The van der Waals surface area contributed by atoms with Crippen molar-refractivity contribution in [2.75, 3.05) is 0 Å². The number of hydrogen-bond acceptors (Lipinski definition) is 0. The molecule has 0 aromatic heterocycles. The van der Waals surface area contributed by atoms with Crippen LogP contribution in [0.4, 0.5) is 0 Å². The van der Waals surface area contributed by atoms with Gasteiger partial charge in [-0.05, 0) is 6.04 Å². The molecule has 0 N–H and O–H groups in total. The topological polar surface area (TPSA) is 0 Å². The molecular weight excluding hydrogens is 112 g/mol. The van der Waals surface area contributed by atoms with Gasteiger partial charge in [-0.15, -0.1) is 18.9 Å². The van der Waals surface area contributed by atoms with Gasteiger partial charge in [-0.3, -0.25) is 0 Å². The zero-order valence-corrected chi connectivity index (χ0v) is 6.48. The molecule has 0 fully saturated rings. The highest BCUT2D eigenvalue weighted by atomic mass is 28.3. The maximum atomic E-state index is 3.75. The Labute approximate surface area is 53.5 Å². The van der Waals surface area contributed by atoms with Crippen LogP contribution in [0.5, 0.6) is 0 Å². The van der Waals surface area contributed by atoms with E-state index in [2.05, 4.69) is 25.8 Å². The molecule has 0 unspecified atom stereocenters. The van der Waals surface area contributed by atoms with Gasteiger partial charge < -0.3 is 0 Å². The Kier molecular flexibility index (Phi) is 4.66. The number of hydrogen-bond donors (Lipinski definition) is 0. The van der Waals surface area contributed by atoms with Crippen LogP contribution in [0.3, 0.4) is 0 Å². The molecule has 0 aromatic carbocycles. The quantitative estimate of drug-likeness (QED) is 0.400. The van der Waals surface area contributed by atoms with Crippen LogP contribution in [-0.4, -0.2) is 8.80 Å². The van der Waals surface area contributed by atoms with Gasteiger partial charge in [0.05, 0.1) is 8.80 Å². The summed E-state index contributed by atoms with van der Waals surface area (Å²) in [6.45, 7) is 9.63. The molecular formula is C7H13Si. The minimum atomic E-state index is -0.228. The van der Waals surface area contributed by atoms with E-state index >= 15 is 0 Å². The molecule has 1 radical (unpaired) electrons. The standard InChI is InChI=1S/C7H13Si/c1-4-7-8(5-2)6-3/h4-5H,1-2,6-7H2,3H3. The van der Waals surface area contributed by atoms with Gasteiger partial charge in [-0.2, -0.15) is 0 Å². The van der Waals surface area contributed by atoms with E-state index < -0.39 is 0 Å². The van der Waals surface area contributed by atoms with E-state index in [-0.39, 0.29) is 8.80 Å². The van der Waals surface area contributed by atoms with E-state index in [1.807, 2.05) is 6.08 Å². The summed E-state index contributed by atoms with van der Waals surface area (Å²) in [5.41, 5.74) is 2.09. The van der Waals surface area contributed by atoms with Crippen molar-refractivity contribution in [3.8, 4) is 0 Å². The average molecular weight is 125 g/mol. The molecule has 0 rings (SSSR count). The largest absolute Gasteiger partial charge is 0.107 e. The number of allylic oxidation sites excluding steroid dienone is 1. The predicted molar refractivity (Wildman–Crippen MR) is 41.4 cm³/mol. The van der Waals surface area contributed by atoms with Crippen LogP contribution < -0.4 is 0 Å². The molecule has 1 heteroatoms. The van der Waals surface area contributed by atoms with Crippen LogP contribution >= 0.6 is 0 Å². The summed E-state index contributed by atoms with van der Waals surface area (Å²) in [5.74, 6) is 0. The Morgan fingerprint density at radius 1 is 1.50 bits per heavy atom. The highest BCUT2D eigenvalue weighted by Gasteiger charge is 1.97. The van der Waals surface area contributed by atoms with Crippen LogP contribution in [-0.2, 0) is 0 Å². The van der Waals surface area contributed by atoms with Crippen LogP contribution in [0.15, 0.2) is 24.9 Å². The third kappa shape index (κ3) is 2.80. The zero-order valence-electron chi connectivity index (χ0n) is 5.48. The molecule has 45 valence electrons. The fourth-order valence-electron chi connectivity index (χ4n) is 0.557. The minimum absolute atomic E-state index is 0.228. The summed E-state index contributed by atoms with van der Waals surface area (Å²) in [6.07, 6.45) is 1.99. The summed E-state index contributed by atoms with van der Waals surface area (Å²) in [6, 6.07) is 2.45. The van der Waals surface area contributed by atoms with Crippen LogP contribution in [0.2, 0.25) is 12.1 Å².